The van der Waals surface area contributed by atoms with Gasteiger partial charge in [0.15, 0.2) is 11.5 Å². The minimum Gasteiger partial charge on any atom is -0.492 e. The minimum atomic E-state index is 0.130. The summed E-state index contributed by atoms with van der Waals surface area (Å²) < 4.78 is 16.9. The lowest BCUT2D eigenvalue weighted by Crippen LogP contribution is -2.07. The highest BCUT2D eigenvalue weighted by Crippen LogP contribution is 2.49. The van der Waals surface area contributed by atoms with Gasteiger partial charge >= 0.3 is 0 Å². The van der Waals surface area contributed by atoms with Gasteiger partial charge in [-0.3, -0.25) is 0 Å². The van der Waals surface area contributed by atoms with Crippen LogP contribution >= 0.6 is 0 Å². The van der Waals surface area contributed by atoms with Gasteiger partial charge in [-0.25, -0.2) is 0 Å². The van der Waals surface area contributed by atoms with Crippen LogP contribution in [0.2, 0.25) is 0 Å². The molecule has 7 nitrogen and oxygen atoms in total. The second-order valence-corrected chi connectivity index (χ2v) is 6.34. The Kier molecular flexibility index (Phi) is 6.82. The number of nitrogens with one attached hydrogen (secondary N) is 2. The Morgan fingerprint density at radius 1 is 0.774 bits per heavy atom. The summed E-state index contributed by atoms with van der Waals surface area (Å²) in [6.07, 6.45) is 0. The van der Waals surface area contributed by atoms with Gasteiger partial charge in [-0.2, -0.15) is 10.5 Å². The normalized spacial score (nSPS) is 9.84. The number of hydrogen-bond donors (Lipinski definition) is 2. The van der Waals surface area contributed by atoms with Crippen LogP contribution in [-0.4, -0.2) is 20.8 Å². The summed E-state index contributed by atoms with van der Waals surface area (Å²) in [5, 5.41) is 26.3. The van der Waals surface area contributed by atoms with Crippen LogP contribution in [0.15, 0.2) is 54.6 Å². The highest BCUT2D eigenvalue weighted by atomic mass is 16.5. The fourth-order valence-corrected chi connectivity index (χ4v) is 3.21. The van der Waals surface area contributed by atoms with E-state index in [0.717, 1.165) is 5.69 Å². The standard InChI is InChI=1S/C24H22N4O3/c1-4-31-20-13-9-8-12-19(20)28-22-18(15-26)17(14-25)21(23(29-2)24(22)30-3)27-16-10-6-5-7-11-16/h5-13,27-28H,4H2,1-3H3. The van der Waals surface area contributed by atoms with E-state index in [1.807, 2.05) is 61.5 Å². The van der Waals surface area contributed by atoms with E-state index in [9.17, 15) is 10.5 Å². The zero-order valence-electron chi connectivity index (χ0n) is 17.5. The van der Waals surface area contributed by atoms with Crippen molar-refractivity contribution in [3.8, 4) is 29.4 Å². The average Bonchev–Trinajstić information content (AvgIpc) is 2.81. The predicted octanol–water partition coefficient (Wildman–Crippen LogP) is 5.33. The Bertz CT molecular complexity index is 1150. The van der Waals surface area contributed by atoms with Gasteiger partial charge in [-0.1, -0.05) is 30.3 Å². The van der Waals surface area contributed by atoms with Crippen molar-refractivity contribution in [2.24, 2.45) is 0 Å². The lowest BCUT2D eigenvalue weighted by atomic mass is 10.0. The monoisotopic (exact) mass is 414 g/mol. The van der Waals surface area contributed by atoms with Crippen molar-refractivity contribution < 1.29 is 14.2 Å². The summed E-state index contributed by atoms with van der Waals surface area (Å²) in [7, 11) is 2.97. The number of para-hydroxylation sites is 3. The highest BCUT2D eigenvalue weighted by molar-refractivity contribution is 5.90. The Balaban J connectivity index is 2.23. The summed E-state index contributed by atoms with van der Waals surface area (Å²) in [5.74, 6) is 1.21. The first kappa shape index (κ1) is 21.4. The molecule has 0 aliphatic heterocycles. The molecule has 3 rings (SSSR count). The molecule has 0 spiro atoms. The Hall–Kier alpha value is -4.36. The fourth-order valence-electron chi connectivity index (χ4n) is 3.21. The zero-order chi connectivity index (χ0) is 22.2. The van der Waals surface area contributed by atoms with Crippen LogP contribution in [0.5, 0.6) is 17.2 Å². The van der Waals surface area contributed by atoms with Crippen molar-refractivity contribution in [1.82, 2.24) is 0 Å². The van der Waals surface area contributed by atoms with Gasteiger partial charge in [0.1, 0.15) is 29.3 Å². The summed E-state index contributed by atoms with van der Waals surface area (Å²) in [4.78, 5) is 0. The molecule has 0 radical (unpaired) electrons. The molecule has 0 unspecified atom stereocenters. The molecule has 0 aliphatic rings. The van der Waals surface area contributed by atoms with Gasteiger partial charge in [-0.15, -0.1) is 0 Å². The van der Waals surface area contributed by atoms with Gasteiger partial charge in [0, 0.05) is 5.69 Å². The number of rotatable bonds is 8. The number of nitrogens with zero attached hydrogens (tertiary/aromatic N) is 2. The first-order valence-corrected chi connectivity index (χ1v) is 9.61. The summed E-state index contributed by atoms with van der Waals surface area (Å²) >= 11 is 0. The van der Waals surface area contributed by atoms with Crippen LogP contribution in [0.4, 0.5) is 22.7 Å². The summed E-state index contributed by atoms with van der Waals surface area (Å²) in [6.45, 7) is 2.37. The number of ether oxygens (including phenoxy) is 3. The third kappa shape index (κ3) is 4.31. The van der Waals surface area contributed by atoms with E-state index in [0.29, 0.717) is 40.9 Å². The number of anilines is 4. The Morgan fingerprint density at radius 2 is 1.32 bits per heavy atom. The SMILES string of the molecule is CCOc1ccccc1Nc1c(C#N)c(C#N)c(Nc2ccccc2)c(OC)c1OC. The summed E-state index contributed by atoms with van der Waals surface area (Å²) in [6, 6.07) is 20.9. The first-order valence-electron chi connectivity index (χ1n) is 9.61. The maximum absolute atomic E-state index is 9.96. The van der Waals surface area contributed by atoms with Crippen LogP contribution in [0, 0.1) is 22.7 Å². The minimum absolute atomic E-state index is 0.130. The maximum Gasteiger partial charge on any atom is 0.188 e. The van der Waals surface area contributed by atoms with Gasteiger partial charge in [0.25, 0.3) is 0 Å². The van der Waals surface area contributed by atoms with E-state index >= 15 is 0 Å². The largest absolute Gasteiger partial charge is 0.492 e. The second-order valence-electron chi connectivity index (χ2n) is 6.34. The molecule has 0 atom stereocenters. The van der Waals surface area contributed by atoms with Crippen LogP contribution in [0.25, 0.3) is 0 Å². The first-order chi connectivity index (χ1) is 15.2. The van der Waals surface area contributed by atoms with Crippen LogP contribution in [0.1, 0.15) is 18.1 Å². The molecule has 0 aliphatic carbocycles. The number of methoxy groups -OCH3 is 2. The highest BCUT2D eigenvalue weighted by Gasteiger charge is 2.27. The number of benzene rings is 3. The molecule has 0 fully saturated rings. The molecule has 3 aromatic rings. The molecular formula is C24H22N4O3. The maximum atomic E-state index is 9.96. The number of nitriles is 2. The van der Waals surface area contributed by atoms with Crippen LogP contribution < -0.4 is 24.8 Å². The van der Waals surface area contributed by atoms with Crippen LogP contribution in [-0.2, 0) is 0 Å². The molecule has 0 aromatic heterocycles. The topological polar surface area (TPSA) is 99.3 Å². The third-order valence-electron chi connectivity index (χ3n) is 4.53. The molecule has 0 heterocycles. The van der Waals surface area contributed by atoms with E-state index in [-0.39, 0.29) is 11.1 Å². The van der Waals surface area contributed by atoms with Crippen molar-refractivity contribution in [3.05, 3.63) is 65.7 Å². The molecule has 0 bridgehead atoms. The predicted molar refractivity (Wildman–Crippen MR) is 120 cm³/mol. The van der Waals surface area contributed by atoms with Crippen molar-refractivity contribution in [2.75, 3.05) is 31.5 Å². The Labute approximate surface area is 181 Å². The Morgan fingerprint density at radius 3 is 1.87 bits per heavy atom. The van der Waals surface area contributed by atoms with E-state index in [2.05, 4.69) is 22.8 Å². The van der Waals surface area contributed by atoms with Gasteiger partial charge in [0.05, 0.1) is 37.6 Å². The van der Waals surface area contributed by atoms with Crippen LogP contribution in [0.3, 0.4) is 0 Å². The zero-order valence-corrected chi connectivity index (χ0v) is 17.5. The molecule has 156 valence electrons. The quantitative estimate of drug-likeness (QED) is 0.514. The van der Waals surface area contributed by atoms with Gasteiger partial charge in [-0.05, 0) is 31.2 Å². The molecular weight excluding hydrogens is 392 g/mol. The molecule has 0 amide bonds. The molecule has 0 saturated heterocycles. The summed E-state index contributed by atoms with van der Waals surface area (Å²) in [5.41, 5.74) is 2.32. The third-order valence-corrected chi connectivity index (χ3v) is 4.53. The fraction of sp³-hybridized carbons (Fsp3) is 0.167. The van der Waals surface area contributed by atoms with Crippen molar-refractivity contribution >= 4 is 22.7 Å². The van der Waals surface area contributed by atoms with Crippen molar-refractivity contribution in [1.29, 1.82) is 10.5 Å². The molecule has 31 heavy (non-hydrogen) atoms. The van der Waals surface area contributed by atoms with E-state index < -0.39 is 0 Å². The second kappa shape index (κ2) is 9.91. The molecule has 3 aromatic carbocycles. The van der Waals surface area contributed by atoms with E-state index in [4.69, 9.17) is 14.2 Å². The number of hydrogen-bond acceptors (Lipinski definition) is 7. The molecule has 0 saturated carbocycles. The van der Waals surface area contributed by atoms with Gasteiger partial charge < -0.3 is 24.8 Å². The average molecular weight is 414 g/mol. The van der Waals surface area contributed by atoms with E-state index in [1.54, 1.807) is 0 Å². The van der Waals surface area contributed by atoms with Crippen molar-refractivity contribution in [2.45, 2.75) is 6.92 Å². The lowest BCUT2D eigenvalue weighted by Gasteiger charge is -2.22. The smallest absolute Gasteiger partial charge is 0.188 e. The lowest BCUT2D eigenvalue weighted by molar-refractivity contribution is 0.342. The van der Waals surface area contributed by atoms with Crippen molar-refractivity contribution in [3.63, 3.8) is 0 Å². The van der Waals surface area contributed by atoms with Gasteiger partial charge in [0.2, 0.25) is 0 Å². The molecule has 7 heteroatoms. The van der Waals surface area contributed by atoms with E-state index in [1.165, 1.54) is 14.2 Å². The molecule has 2 N–H and O–H groups in total.